The van der Waals surface area contributed by atoms with Gasteiger partial charge in [-0.3, -0.25) is 9.59 Å². The van der Waals surface area contributed by atoms with Gasteiger partial charge in [-0.05, 0) is 62.2 Å². The highest BCUT2D eigenvalue weighted by atomic mass is 19.2. The second-order valence-corrected chi connectivity index (χ2v) is 9.95. The molecule has 1 saturated heterocycles. The highest BCUT2D eigenvalue weighted by Gasteiger charge is 2.32. The van der Waals surface area contributed by atoms with Crippen LogP contribution in [0.25, 0.3) is 22.8 Å². The summed E-state index contributed by atoms with van der Waals surface area (Å²) < 4.78 is 28.7. The summed E-state index contributed by atoms with van der Waals surface area (Å²) in [6.45, 7) is 6.32. The number of hydrogen-bond donors (Lipinski definition) is 2. The van der Waals surface area contributed by atoms with Gasteiger partial charge >= 0.3 is 0 Å². The lowest BCUT2D eigenvalue weighted by Gasteiger charge is -2.29. The van der Waals surface area contributed by atoms with Gasteiger partial charge in [-0.25, -0.2) is 8.78 Å². The SMILES string of the molecule is Cc1c(C=C2C(=O)Nc3cccc(-c4cccc(F)c4F)c32)[nH]c2c1C(=O)N(CCN1CCCC1)CC2. The molecule has 6 rings (SSSR count). The monoisotopic (exact) mass is 502 g/mol. The normalized spacial score (nSPS) is 18.5. The fourth-order valence-electron chi connectivity index (χ4n) is 5.76. The van der Waals surface area contributed by atoms with Crippen molar-refractivity contribution in [1.29, 1.82) is 0 Å². The van der Waals surface area contributed by atoms with Crippen molar-refractivity contribution in [3.63, 3.8) is 0 Å². The molecule has 0 unspecified atom stereocenters. The quantitative estimate of drug-likeness (QED) is 0.490. The predicted molar refractivity (Wildman–Crippen MR) is 139 cm³/mol. The van der Waals surface area contributed by atoms with Crippen molar-refractivity contribution < 1.29 is 18.4 Å². The molecule has 6 nitrogen and oxygen atoms in total. The molecule has 3 aliphatic heterocycles. The van der Waals surface area contributed by atoms with Gasteiger partial charge in [0, 0.05) is 54.3 Å². The van der Waals surface area contributed by atoms with Crippen molar-refractivity contribution in [1.82, 2.24) is 14.8 Å². The average Bonchev–Trinajstić information content (AvgIpc) is 3.59. The average molecular weight is 503 g/mol. The Labute approximate surface area is 214 Å². The molecule has 37 heavy (non-hydrogen) atoms. The molecule has 0 saturated carbocycles. The van der Waals surface area contributed by atoms with Gasteiger partial charge in [-0.2, -0.15) is 0 Å². The van der Waals surface area contributed by atoms with E-state index >= 15 is 0 Å². The Balaban J connectivity index is 1.35. The maximum absolute atomic E-state index is 14.7. The molecule has 2 aromatic carbocycles. The van der Waals surface area contributed by atoms with Crippen LogP contribution in [-0.2, 0) is 11.2 Å². The topological polar surface area (TPSA) is 68.4 Å². The molecule has 3 aromatic rings. The lowest BCUT2D eigenvalue weighted by atomic mass is 9.93. The fourth-order valence-corrected chi connectivity index (χ4v) is 5.76. The summed E-state index contributed by atoms with van der Waals surface area (Å²) in [5.41, 5.74) is 4.91. The first-order chi connectivity index (χ1) is 17.9. The lowest BCUT2D eigenvalue weighted by Crippen LogP contribution is -2.42. The van der Waals surface area contributed by atoms with Gasteiger partial charge in [-0.15, -0.1) is 0 Å². The standard InChI is InChI=1S/C29H28F2N4O2/c1-17-24(32-23-10-13-35(29(37)25(17)23)15-14-34-11-2-3-12-34)16-20-26-18(6-5-9-22(26)33-28(20)36)19-7-4-8-21(30)27(19)31/h4-9,16,32H,2-3,10-15H2,1H3,(H,33,36). The van der Waals surface area contributed by atoms with Crippen LogP contribution >= 0.6 is 0 Å². The number of benzene rings is 2. The first kappa shape index (κ1) is 23.6. The van der Waals surface area contributed by atoms with Crippen LogP contribution in [0.2, 0.25) is 0 Å². The Morgan fingerprint density at radius 3 is 2.51 bits per heavy atom. The molecule has 0 atom stereocenters. The number of anilines is 1. The Kier molecular flexibility index (Phi) is 5.91. The van der Waals surface area contributed by atoms with Crippen LogP contribution in [0.15, 0.2) is 36.4 Å². The number of carbonyl (C=O) groups is 2. The molecule has 0 spiro atoms. The molecule has 3 aliphatic rings. The van der Waals surface area contributed by atoms with Crippen molar-refractivity contribution in [2.45, 2.75) is 26.2 Å². The number of nitrogens with zero attached hydrogens (tertiary/aromatic N) is 2. The van der Waals surface area contributed by atoms with Crippen molar-refractivity contribution in [2.24, 2.45) is 0 Å². The number of aromatic amines is 1. The molecular formula is C29H28F2N4O2. The highest BCUT2D eigenvalue weighted by Crippen LogP contribution is 2.42. The Morgan fingerprint density at radius 1 is 0.946 bits per heavy atom. The second kappa shape index (κ2) is 9.27. The van der Waals surface area contributed by atoms with Crippen LogP contribution in [-0.4, -0.2) is 59.3 Å². The molecule has 0 aliphatic carbocycles. The van der Waals surface area contributed by atoms with Crippen molar-refractivity contribution in [2.75, 3.05) is 38.0 Å². The Bertz CT molecular complexity index is 1450. The maximum atomic E-state index is 14.7. The summed E-state index contributed by atoms with van der Waals surface area (Å²) >= 11 is 0. The number of likely N-dealkylation sites (tertiary alicyclic amines) is 1. The minimum atomic E-state index is -0.958. The largest absolute Gasteiger partial charge is 0.358 e. The minimum Gasteiger partial charge on any atom is -0.358 e. The molecule has 1 fully saturated rings. The number of carbonyl (C=O) groups excluding carboxylic acids is 2. The molecule has 2 amide bonds. The summed E-state index contributed by atoms with van der Waals surface area (Å²) in [6, 6.07) is 9.14. The summed E-state index contributed by atoms with van der Waals surface area (Å²) in [6.07, 6.45) is 4.87. The molecule has 8 heteroatoms. The van der Waals surface area contributed by atoms with Gasteiger partial charge in [0.05, 0.1) is 11.1 Å². The van der Waals surface area contributed by atoms with Crippen LogP contribution < -0.4 is 5.32 Å². The van der Waals surface area contributed by atoms with E-state index in [9.17, 15) is 18.4 Å². The first-order valence-corrected chi connectivity index (χ1v) is 12.8. The number of nitrogens with one attached hydrogen (secondary N) is 2. The number of amides is 2. The maximum Gasteiger partial charge on any atom is 0.256 e. The molecule has 1 aromatic heterocycles. The van der Waals surface area contributed by atoms with E-state index in [1.54, 1.807) is 24.3 Å². The molecular weight excluding hydrogens is 474 g/mol. The van der Waals surface area contributed by atoms with Gasteiger partial charge in [0.1, 0.15) is 0 Å². The summed E-state index contributed by atoms with van der Waals surface area (Å²) in [7, 11) is 0. The van der Waals surface area contributed by atoms with Gasteiger partial charge in [0.2, 0.25) is 0 Å². The van der Waals surface area contributed by atoms with E-state index in [0.29, 0.717) is 53.2 Å². The highest BCUT2D eigenvalue weighted by molar-refractivity contribution is 6.36. The van der Waals surface area contributed by atoms with E-state index in [1.165, 1.54) is 25.0 Å². The van der Waals surface area contributed by atoms with Gasteiger partial charge in [-0.1, -0.05) is 24.3 Å². The third-order valence-corrected chi connectivity index (χ3v) is 7.74. The van der Waals surface area contributed by atoms with Crippen LogP contribution in [0.1, 0.15) is 45.7 Å². The molecule has 2 N–H and O–H groups in total. The van der Waals surface area contributed by atoms with E-state index in [-0.39, 0.29) is 17.4 Å². The predicted octanol–water partition coefficient (Wildman–Crippen LogP) is 4.86. The molecule has 0 radical (unpaired) electrons. The number of halogens is 2. The van der Waals surface area contributed by atoms with Crippen LogP contribution in [0.4, 0.5) is 14.5 Å². The van der Waals surface area contributed by atoms with E-state index < -0.39 is 11.6 Å². The van der Waals surface area contributed by atoms with Gasteiger partial charge in [0.15, 0.2) is 11.6 Å². The number of fused-ring (bicyclic) bond motifs is 2. The smallest absolute Gasteiger partial charge is 0.256 e. The Hall–Kier alpha value is -3.78. The molecule has 4 heterocycles. The second-order valence-electron chi connectivity index (χ2n) is 9.95. The van der Waals surface area contributed by atoms with Crippen molar-refractivity contribution >= 4 is 29.2 Å². The third-order valence-electron chi connectivity index (χ3n) is 7.74. The van der Waals surface area contributed by atoms with Crippen molar-refractivity contribution in [3.05, 3.63) is 76.1 Å². The number of aromatic nitrogens is 1. The van der Waals surface area contributed by atoms with Crippen LogP contribution in [0.5, 0.6) is 0 Å². The minimum absolute atomic E-state index is 0.0117. The Morgan fingerprint density at radius 2 is 1.70 bits per heavy atom. The summed E-state index contributed by atoms with van der Waals surface area (Å²) in [5, 5.41) is 2.84. The zero-order chi connectivity index (χ0) is 25.7. The zero-order valence-electron chi connectivity index (χ0n) is 20.7. The number of rotatable bonds is 5. The zero-order valence-corrected chi connectivity index (χ0v) is 20.7. The van der Waals surface area contributed by atoms with E-state index in [2.05, 4.69) is 15.2 Å². The van der Waals surface area contributed by atoms with Gasteiger partial charge < -0.3 is 20.1 Å². The third kappa shape index (κ3) is 4.05. The lowest BCUT2D eigenvalue weighted by molar-refractivity contribution is -0.110. The van der Waals surface area contributed by atoms with Gasteiger partial charge in [0.25, 0.3) is 11.8 Å². The van der Waals surface area contributed by atoms with E-state index in [4.69, 9.17) is 0 Å². The summed E-state index contributed by atoms with van der Waals surface area (Å²) in [4.78, 5) is 34.1. The molecule has 0 bridgehead atoms. The van der Waals surface area contributed by atoms with Crippen LogP contribution in [0.3, 0.4) is 0 Å². The first-order valence-electron chi connectivity index (χ1n) is 12.8. The van der Waals surface area contributed by atoms with E-state index in [0.717, 1.165) is 37.0 Å². The molecule has 190 valence electrons. The van der Waals surface area contributed by atoms with E-state index in [1.807, 2.05) is 11.8 Å². The van der Waals surface area contributed by atoms with Crippen molar-refractivity contribution in [3.8, 4) is 11.1 Å². The van der Waals surface area contributed by atoms with Crippen LogP contribution in [0, 0.1) is 18.6 Å². The number of hydrogen-bond acceptors (Lipinski definition) is 3. The summed E-state index contributed by atoms with van der Waals surface area (Å²) in [5.74, 6) is -2.22. The fraction of sp³-hybridized carbons (Fsp3) is 0.310. The number of H-pyrrole nitrogens is 1.